The Morgan fingerprint density at radius 1 is 1.06 bits per heavy atom. The minimum Gasteiger partial charge on any atom is -0.320 e. The predicted molar refractivity (Wildman–Crippen MR) is 124 cm³/mol. The molecule has 0 bridgehead atoms. The Labute approximate surface area is 200 Å². The van der Waals surface area contributed by atoms with Gasteiger partial charge in [0.15, 0.2) is 5.78 Å². The largest absolute Gasteiger partial charge is 0.320 e. The number of nitrogens with zero attached hydrogens (tertiary/aromatic N) is 3. The maximum absolute atomic E-state index is 13.7. The van der Waals surface area contributed by atoms with Crippen molar-refractivity contribution in [2.45, 2.75) is 44.1 Å². The number of hydrogen-bond donors (Lipinski definition) is 0. The number of likely N-dealkylation sites (tertiary alicyclic amines) is 1. The average molecular weight is 473 g/mol. The van der Waals surface area contributed by atoms with Crippen molar-refractivity contribution in [3.63, 3.8) is 0 Å². The molecule has 1 atom stereocenters. The molecule has 176 valence electrons. The number of amides is 1. The molecule has 35 heavy (non-hydrogen) atoms. The zero-order valence-corrected chi connectivity index (χ0v) is 18.8. The highest BCUT2D eigenvalue weighted by Gasteiger charge is 2.47. The molecule has 1 amide bonds. The van der Waals surface area contributed by atoms with E-state index < -0.39 is 30.8 Å². The Kier molecular flexibility index (Phi) is 5.64. The van der Waals surface area contributed by atoms with E-state index in [2.05, 4.69) is 4.98 Å². The number of halogens is 2. The van der Waals surface area contributed by atoms with Gasteiger partial charge in [0.2, 0.25) is 5.91 Å². The maximum atomic E-state index is 13.7. The summed E-state index contributed by atoms with van der Waals surface area (Å²) in [5.41, 5.74) is 4.85. The van der Waals surface area contributed by atoms with Crippen molar-refractivity contribution in [3.8, 4) is 17.2 Å². The van der Waals surface area contributed by atoms with Crippen molar-refractivity contribution in [1.82, 2.24) is 9.88 Å². The highest BCUT2D eigenvalue weighted by Crippen LogP contribution is 2.33. The maximum Gasteiger partial charge on any atom is 0.268 e. The van der Waals surface area contributed by atoms with Crippen LogP contribution < -0.4 is 0 Å². The van der Waals surface area contributed by atoms with Crippen molar-refractivity contribution in [3.05, 3.63) is 65.4 Å². The molecule has 2 heterocycles. The Morgan fingerprint density at radius 3 is 2.60 bits per heavy atom. The van der Waals surface area contributed by atoms with Crippen LogP contribution in [0, 0.1) is 11.3 Å². The fourth-order valence-electron chi connectivity index (χ4n) is 4.89. The van der Waals surface area contributed by atoms with Gasteiger partial charge in [-0.05, 0) is 40.5 Å². The van der Waals surface area contributed by atoms with Crippen LogP contribution in [0.1, 0.15) is 40.7 Å². The van der Waals surface area contributed by atoms with Gasteiger partial charge in [0.1, 0.15) is 11.8 Å². The summed E-state index contributed by atoms with van der Waals surface area (Å²) < 4.78 is 27.3. The first-order chi connectivity index (χ1) is 16.7. The first kappa shape index (κ1) is 22.8. The van der Waals surface area contributed by atoms with E-state index in [0.29, 0.717) is 29.3 Å². The van der Waals surface area contributed by atoms with E-state index in [1.54, 1.807) is 12.1 Å². The molecule has 0 N–H and O–H groups in total. The van der Waals surface area contributed by atoms with Gasteiger partial charge in [0.05, 0.1) is 18.1 Å². The lowest BCUT2D eigenvalue weighted by molar-refractivity contribution is -0.132. The molecule has 1 aliphatic carbocycles. The average Bonchev–Trinajstić information content (AvgIpc) is 3.38. The number of aromatic nitrogens is 1. The first-order valence-corrected chi connectivity index (χ1v) is 11.4. The molecule has 1 aliphatic heterocycles. The van der Waals surface area contributed by atoms with Gasteiger partial charge in [-0.1, -0.05) is 24.3 Å². The second-order valence-electron chi connectivity index (χ2n) is 9.12. The van der Waals surface area contributed by atoms with Gasteiger partial charge < -0.3 is 4.90 Å². The van der Waals surface area contributed by atoms with Gasteiger partial charge >= 0.3 is 0 Å². The monoisotopic (exact) mass is 473 g/mol. The van der Waals surface area contributed by atoms with Crippen LogP contribution in [0.3, 0.4) is 0 Å². The summed E-state index contributed by atoms with van der Waals surface area (Å²) >= 11 is 0. The van der Waals surface area contributed by atoms with E-state index in [4.69, 9.17) is 5.26 Å². The number of rotatable bonds is 5. The first-order valence-electron chi connectivity index (χ1n) is 11.4. The molecule has 1 fully saturated rings. The zero-order chi connectivity index (χ0) is 24.7. The SMILES string of the molecule is N#C[C@@H]1CC(F)(F)CN1C(=O)CCC(=O)c1ccnc2ccc(-c3ccc4c(c3)CC(=O)C4)cc12. The summed E-state index contributed by atoms with van der Waals surface area (Å²) in [6.45, 7) is -0.799. The van der Waals surface area contributed by atoms with Gasteiger partial charge in [-0.25, -0.2) is 8.78 Å². The van der Waals surface area contributed by atoms with Crippen molar-refractivity contribution in [2.24, 2.45) is 0 Å². The van der Waals surface area contributed by atoms with E-state index in [-0.39, 0.29) is 24.4 Å². The number of pyridine rings is 1. The topological polar surface area (TPSA) is 91.1 Å². The second-order valence-corrected chi connectivity index (χ2v) is 9.12. The molecule has 2 aromatic carbocycles. The molecule has 6 nitrogen and oxygen atoms in total. The van der Waals surface area contributed by atoms with Gasteiger partial charge in [0.25, 0.3) is 5.92 Å². The number of alkyl halides is 2. The van der Waals surface area contributed by atoms with Crippen LogP contribution in [0.2, 0.25) is 0 Å². The highest BCUT2D eigenvalue weighted by molar-refractivity contribution is 6.08. The van der Waals surface area contributed by atoms with Gasteiger partial charge in [-0.2, -0.15) is 5.26 Å². The molecular formula is C27H21F2N3O3. The van der Waals surface area contributed by atoms with Crippen molar-refractivity contribution >= 4 is 28.4 Å². The van der Waals surface area contributed by atoms with Gasteiger partial charge in [-0.15, -0.1) is 0 Å². The van der Waals surface area contributed by atoms with Crippen LogP contribution in [0.5, 0.6) is 0 Å². The van der Waals surface area contributed by atoms with E-state index in [1.807, 2.05) is 36.4 Å². The summed E-state index contributed by atoms with van der Waals surface area (Å²) in [5, 5.41) is 9.73. The third kappa shape index (κ3) is 4.42. The van der Waals surface area contributed by atoms with Crippen molar-refractivity contribution in [1.29, 1.82) is 5.26 Å². The van der Waals surface area contributed by atoms with Gasteiger partial charge in [-0.3, -0.25) is 19.4 Å². The lowest BCUT2D eigenvalue weighted by Crippen LogP contribution is -2.36. The lowest BCUT2D eigenvalue weighted by atomic mass is 9.96. The Bertz CT molecular complexity index is 1430. The molecule has 0 unspecified atom stereocenters. The molecule has 1 aromatic heterocycles. The van der Waals surface area contributed by atoms with Crippen LogP contribution in [-0.2, 0) is 22.4 Å². The normalized spacial score (nSPS) is 18.5. The zero-order valence-electron chi connectivity index (χ0n) is 18.8. The molecular weight excluding hydrogens is 452 g/mol. The van der Waals surface area contributed by atoms with Crippen molar-refractivity contribution in [2.75, 3.05) is 6.54 Å². The fraction of sp³-hybridized carbons (Fsp3) is 0.296. The quantitative estimate of drug-likeness (QED) is 0.516. The smallest absolute Gasteiger partial charge is 0.268 e. The summed E-state index contributed by atoms with van der Waals surface area (Å²) in [7, 11) is 0. The van der Waals surface area contributed by atoms with E-state index in [9.17, 15) is 23.2 Å². The summed E-state index contributed by atoms with van der Waals surface area (Å²) in [5.74, 6) is -3.83. The van der Waals surface area contributed by atoms with Crippen LogP contribution in [0.4, 0.5) is 8.78 Å². The Morgan fingerprint density at radius 2 is 1.80 bits per heavy atom. The molecule has 1 saturated heterocycles. The summed E-state index contributed by atoms with van der Waals surface area (Å²) in [6.07, 6.45) is 1.30. The fourth-order valence-corrected chi connectivity index (χ4v) is 4.89. The van der Waals surface area contributed by atoms with Crippen LogP contribution in [0.25, 0.3) is 22.0 Å². The molecule has 3 aromatic rings. The lowest BCUT2D eigenvalue weighted by Gasteiger charge is -2.18. The number of benzene rings is 2. The number of hydrogen-bond acceptors (Lipinski definition) is 5. The van der Waals surface area contributed by atoms with Crippen LogP contribution in [-0.4, -0.2) is 45.9 Å². The Hall–Kier alpha value is -3.99. The summed E-state index contributed by atoms with van der Waals surface area (Å²) in [4.78, 5) is 42.5. The number of carbonyl (C=O) groups excluding carboxylic acids is 3. The van der Waals surface area contributed by atoms with Gasteiger partial charge in [0, 0.05) is 49.3 Å². The predicted octanol–water partition coefficient (Wildman–Crippen LogP) is 4.29. The molecule has 8 heteroatoms. The van der Waals surface area contributed by atoms with Crippen molar-refractivity contribution < 1.29 is 23.2 Å². The third-order valence-corrected chi connectivity index (χ3v) is 6.66. The molecule has 0 radical (unpaired) electrons. The molecule has 2 aliphatic rings. The summed E-state index contributed by atoms with van der Waals surface area (Å²) in [6, 6.07) is 13.6. The second kappa shape index (κ2) is 8.66. The molecule has 0 spiro atoms. The minimum atomic E-state index is -3.09. The number of nitriles is 1. The Balaban J connectivity index is 1.37. The minimum absolute atomic E-state index is 0.163. The number of fused-ring (bicyclic) bond motifs is 2. The number of carbonyl (C=O) groups is 3. The third-order valence-electron chi connectivity index (χ3n) is 6.66. The number of Topliss-reactive ketones (excluding diaryl/α,β-unsaturated/α-hetero) is 2. The van der Waals surface area contributed by atoms with E-state index in [1.165, 1.54) is 6.20 Å². The highest BCUT2D eigenvalue weighted by atomic mass is 19.3. The standard InChI is InChI=1S/C27H21F2N3O3/c28-27(29)13-20(14-30)32(15-27)26(35)6-5-25(34)22-7-8-31-24-4-3-18(12-23(22)24)16-1-2-17-10-21(33)11-19(17)9-16/h1-4,7-9,12,20H,5-6,10-11,13,15H2/t20-/m0/s1. The van der Waals surface area contributed by atoms with E-state index >= 15 is 0 Å². The van der Waals surface area contributed by atoms with Crippen LogP contribution >= 0.6 is 0 Å². The molecule has 5 rings (SSSR count). The number of ketones is 2. The van der Waals surface area contributed by atoms with E-state index in [0.717, 1.165) is 27.2 Å². The molecule has 0 saturated carbocycles. The van der Waals surface area contributed by atoms with Crippen LogP contribution in [0.15, 0.2) is 48.7 Å².